The highest BCUT2D eigenvalue weighted by Crippen LogP contribution is 2.21. The molecule has 0 unspecified atom stereocenters. The van der Waals surface area contributed by atoms with Crippen molar-refractivity contribution in [3.05, 3.63) is 52.3 Å². The molecule has 1 aromatic carbocycles. The number of hydrogen-bond acceptors (Lipinski definition) is 2. The lowest BCUT2D eigenvalue weighted by atomic mass is 10.1. The van der Waals surface area contributed by atoms with Crippen LogP contribution in [-0.4, -0.2) is 10.7 Å². The number of H-pyrrole nitrogens is 1. The highest BCUT2D eigenvalue weighted by molar-refractivity contribution is 6.33. The van der Waals surface area contributed by atoms with Crippen LogP contribution in [0.3, 0.4) is 0 Å². The first-order valence-corrected chi connectivity index (χ1v) is 6.17. The summed E-state index contributed by atoms with van der Waals surface area (Å²) in [6.45, 7) is 6.08. The van der Waals surface area contributed by atoms with E-state index >= 15 is 0 Å². The lowest BCUT2D eigenvalue weighted by molar-refractivity contribution is 1.25. The van der Waals surface area contributed by atoms with Crippen molar-refractivity contribution >= 4 is 23.0 Å². The highest BCUT2D eigenvalue weighted by Gasteiger charge is 2.07. The molecule has 0 fully saturated rings. The molecule has 2 N–H and O–H groups in total. The molecule has 0 saturated heterocycles. The van der Waals surface area contributed by atoms with Gasteiger partial charge in [-0.05, 0) is 38.5 Å². The van der Waals surface area contributed by atoms with Crippen molar-refractivity contribution < 1.29 is 0 Å². The van der Waals surface area contributed by atoms with Gasteiger partial charge in [0.1, 0.15) is 0 Å². The van der Waals surface area contributed by atoms with Gasteiger partial charge in [0.25, 0.3) is 0 Å². The van der Waals surface area contributed by atoms with Crippen LogP contribution in [0.25, 0.3) is 0 Å². The Labute approximate surface area is 112 Å². The summed E-state index contributed by atoms with van der Waals surface area (Å²) in [5, 5.41) is 5.05. The topological polar surface area (TPSA) is 40.2 Å². The van der Waals surface area contributed by atoms with Crippen LogP contribution in [0.15, 0.2) is 35.6 Å². The van der Waals surface area contributed by atoms with E-state index in [9.17, 15) is 0 Å². The van der Waals surface area contributed by atoms with Crippen molar-refractivity contribution in [2.24, 2.45) is 5.10 Å². The van der Waals surface area contributed by atoms with E-state index in [1.54, 1.807) is 0 Å². The maximum absolute atomic E-state index is 6.06. The van der Waals surface area contributed by atoms with Crippen LogP contribution in [0.1, 0.15) is 23.7 Å². The molecule has 0 aliphatic rings. The minimum absolute atomic E-state index is 0.663. The van der Waals surface area contributed by atoms with Gasteiger partial charge in [-0.15, -0.1) is 0 Å². The zero-order chi connectivity index (χ0) is 13.1. The predicted octanol–water partition coefficient (Wildman–Crippen LogP) is 4.12. The Morgan fingerprint density at radius 2 is 2.00 bits per heavy atom. The van der Waals surface area contributed by atoms with Crippen LogP contribution in [0.2, 0.25) is 5.02 Å². The summed E-state index contributed by atoms with van der Waals surface area (Å²) in [5.74, 6) is 0. The fourth-order valence-electron chi connectivity index (χ4n) is 1.97. The van der Waals surface area contributed by atoms with Gasteiger partial charge < -0.3 is 4.98 Å². The molecule has 0 saturated carbocycles. The van der Waals surface area contributed by atoms with Crippen molar-refractivity contribution in [3.8, 4) is 0 Å². The molecule has 1 aromatic heterocycles. The molecule has 2 aromatic rings. The number of para-hydroxylation sites is 1. The van der Waals surface area contributed by atoms with E-state index in [0.717, 1.165) is 22.7 Å². The van der Waals surface area contributed by atoms with Crippen molar-refractivity contribution in [3.63, 3.8) is 0 Å². The number of aromatic amines is 1. The minimum Gasteiger partial charge on any atom is -0.364 e. The van der Waals surface area contributed by atoms with Gasteiger partial charge in [-0.1, -0.05) is 23.7 Å². The Bertz CT molecular complexity index is 565. The molecule has 94 valence electrons. The summed E-state index contributed by atoms with van der Waals surface area (Å²) < 4.78 is 0. The summed E-state index contributed by atoms with van der Waals surface area (Å²) in [5.41, 5.74) is 8.20. The summed E-state index contributed by atoms with van der Waals surface area (Å²) in [7, 11) is 0. The summed E-state index contributed by atoms with van der Waals surface area (Å²) in [4.78, 5) is 3.19. The van der Waals surface area contributed by atoms with Gasteiger partial charge in [0.05, 0.1) is 16.4 Å². The molecule has 0 spiro atoms. The number of rotatable bonds is 3. The lowest BCUT2D eigenvalue weighted by Gasteiger charge is -2.05. The molecule has 18 heavy (non-hydrogen) atoms. The number of hydrazone groups is 1. The molecule has 0 radical (unpaired) electrons. The van der Waals surface area contributed by atoms with Gasteiger partial charge in [-0.3, -0.25) is 5.43 Å². The number of hydrogen-bond donors (Lipinski definition) is 2. The Morgan fingerprint density at radius 3 is 2.61 bits per heavy atom. The van der Waals surface area contributed by atoms with E-state index in [4.69, 9.17) is 11.6 Å². The Morgan fingerprint density at radius 1 is 1.28 bits per heavy atom. The van der Waals surface area contributed by atoms with Gasteiger partial charge in [0.2, 0.25) is 0 Å². The van der Waals surface area contributed by atoms with Gasteiger partial charge >= 0.3 is 0 Å². The Kier molecular flexibility index (Phi) is 3.72. The van der Waals surface area contributed by atoms with E-state index in [-0.39, 0.29) is 0 Å². The number of aryl methyl sites for hydroxylation is 2. The zero-order valence-electron chi connectivity index (χ0n) is 10.7. The molecule has 0 aliphatic carbocycles. The molecule has 0 amide bonds. The maximum Gasteiger partial charge on any atom is 0.0748 e. The van der Waals surface area contributed by atoms with Gasteiger partial charge in [-0.25, -0.2) is 0 Å². The van der Waals surface area contributed by atoms with Crippen molar-refractivity contribution in [1.82, 2.24) is 4.98 Å². The third-order valence-corrected chi connectivity index (χ3v) is 3.18. The van der Waals surface area contributed by atoms with E-state index in [2.05, 4.69) is 22.4 Å². The molecule has 1 heterocycles. The molecule has 0 bridgehead atoms. The molecule has 0 aliphatic heterocycles. The van der Waals surface area contributed by atoms with Crippen LogP contribution in [0.5, 0.6) is 0 Å². The van der Waals surface area contributed by atoms with Gasteiger partial charge in [0, 0.05) is 17.5 Å². The first-order chi connectivity index (χ1) is 8.59. The number of halogens is 1. The Hall–Kier alpha value is -1.74. The van der Waals surface area contributed by atoms with E-state index < -0.39 is 0 Å². The van der Waals surface area contributed by atoms with Crippen molar-refractivity contribution in [1.29, 1.82) is 0 Å². The number of anilines is 1. The van der Waals surface area contributed by atoms with Gasteiger partial charge in [0.15, 0.2) is 0 Å². The first kappa shape index (κ1) is 12.7. The first-order valence-electron chi connectivity index (χ1n) is 5.79. The molecular weight excluding hydrogens is 246 g/mol. The van der Waals surface area contributed by atoms with Crippen LogP contribution < -0.4 is 5.43 Å². The largest absolute Gasteiger partial charge is 0.364 e. The third-order valence-electron chi connectivity index (χ3n) is 2.85. The summed E-state index contributed by atoms with van der Waals surface area (Å²) in [6, 6.07) is 7.55. The second-order valence-electron chi connectivity index (χ2n) is 4.26. The number of benzene rings is 1. The maximum atomic E-state index is 6.06. The van der Waals surface area contributed by atoms with E-state index in [1.165, 1.54) is 5.56 Å². The fraction of sp³-hybridized carbons (Fsp3) is 0.214. The predicted molar refractivity (Wildman–Crippen MR) is 77.6 cm³/mol. The standard InChI is InChI=1S/C14H16ClN3/c1-9-8-16-10(2)14(9)11(3)17-18-13-7-5-4-6-12(13)15/h4-8,16,18H,1-3H3/b17-11+. The second kappa shape index (κ2) is 5.27. The lowest BCUT2D eigenvalue weighted by Crippen LogP contribution is -2.02. The number of nitrogens with zero attached hydrogens (tertiary/aromatic N) is 1. The quantitative estimate of drug-likeness (QED) is 0.633. The molecule has 4 heteroatoms. The van der Waals surface area contributed by atoms with Crippen molar-refractivity contribution in [2.45, 2.75) is 20.8 Å². The third kappa shape index (κ3) is 2.57. The monoisotopic (exact) mass is 261 g/mol. The molecule has 2 rings (SSSR count). The SMILES string of the molecule is C/C(=N\Nc1ccccc1Cl)c1c(C)c[nH]c1C. The van der Waals surface area contributed by atoms with E-state index in [1.807, 2.05) is 44.3 Å². The second-order valence-corrected chi connectivity index (χ2v) is 4.67. The van der Waals surface area contributed by atoms with Gasteiger partial charge in [-0.2, -0.15) is 5.10 Å². The average Bonchev–Trinajstić information content (AvgIpc) is 2.68. The van der Waals surface area contributed by atoms with Crippen LogP contribution in [-0.2, 0) is 0 Å². The molecule has 3 nitrogen and oxygen atoms in total. The molecular formula is C14H16ClN3. The number of nitrogens with one attached hydrogen (secondary N) is 2. The highest BCUT2D eigenvalue weighted by atomic mass is 35.5. The van der Waals surface area contributed by atoms with E-state index in [0.29, 0.717) is 5.02 Å². The normalized spacial score (nSPS) is 11.7. The smallest absolute Gasteiger partial charge is 0.0748 e. The van der Waals surface area contributed by atoms with Crippen molar-refractivity contribution in [2.75, 3.05) is 5.43 Å². The molecule has 0 atom stereocenters. The average molecular weight is 262 g/mol. The van der Waals surface area contributed by atoms with Crippen LogP contribution >= 0.6 is 11.6 Å². The van der Waals surface area contributed by atoms with Crippen LogP contribution in [0, 0.1) is 13.8 Å². The Balaban J connectivity index is 2.23. The number of aromatic nitrogens is 1. The summed E-state index contributed by atoms with van der Waals surface area (Å²) >= 11 is 6.06. The summed E-state index contributed by atoms with van der Waals surface area (Å²) in [6.07, 6.45) is 1.99. The zero-order valence-corrected chi connectivity index (χ0v) is 11.5. The fourth-order valence-corrected chi connectivity index (χ4v) is 2.14. The van der Waals surface area contributed by atoms with Crippen LogP contribution in [0.4, 0.5) is 5.69 Å². The minimum atomic E-state index is 0.663.